The SMILES string of the molecule is O=P(c1ccccc1)(c1ccccc1)c1ccc(P(=O)(c2ccccc2)c2ccccc2)c(-c2ccncc2-c2ccccc2)c1. The first-order chi connectivity index (χ1) is 22.6. The number of hydrogen-bond donors (Lipinski definition) is 0. The summed E-state index contributed by atoms with van der Waals surface area (Å²) >= 11 is 0. The van der Waals surface area contributed by atoms with Crippen molar-refractivity contribution in [2.75, 3.05) is 0 Å². The van der Waals surface area contributed by atoms with Gasteiger partial charge in [-0.25, -0.2) is 0 Å². The Bertz CT molecular complexity index is 2100. The Kier molecular flexibility index (Phi) is 8.20. The molecule has 0 unspecified atom stereocenters. The number of benzene rings is 6. The Morgan fingerprint density at radius 3 is 1.28 bits per heavy atom. The van der Waals surface area contributed by atoms with E-state index in [1.165, 1.54) is 0 Å². The predicted molar refractivity (Wildman–Crippen MR) is 194 cm³/mol. The molecule has 0 saturated carbocycles. The third kappa shape index (κ3) is 5.29. The summed E-state index contributed by atoms with van der Waals surface area (Å²) in [5.41, 5.74) is 3.54. The maximum atomic E-state index is 15.9. The lowest BCUT2D eigenvalue weighted by Crippen LogP contribution is -2.30. The van der Waals surface area contributed by atoms with Crippen molar-refractivity contribution < 1.29 is 9.13 Å². The summed E-state index contributed by atoms with van der Waals surface area (Å²) in [4.78, 5) is 4.50. The van der Waals surface area contributed by atoms with E-state index >= 15 is 9.13 Å². The van der Waals surface area contributed by atoms with Crippen molar-refractivity contribution in [1.29, 1.82) is 0 Å². The molecule has 0 aliphatic carbocycles. The summed E-state index contributed by atoms with van der Waals surface area (Å²) < 4.78 is 31.5. The molecule has 0 atom stereocenters. The standard InChI is InChI=1S/C41H31NO2P2/c43-45(33-18-8-2-9-19-33,34-20-10-3-11-21-34)37-26-27-41(46(44,35-22-12-4-13-23-35)36-24-14-5-15-25-36)39(30-37)38-28-29-42-31-40(38)32-16-6-1-7-17-32/h1-31H. The van der Waals surface area contributed by atoms with Crippen molar-refractivity contribution in [2.45, 2.75) is 0 Å². The Morgan fingerprint density at radius 2 is 0.804 bits per heavy atom. The minimum atomic E-state index is -3.42. The van der Waals surface area contributed by atoms with Gasteiger partial charge in [0.15, 0.2) is 14.3 Å². The van der Waals surface area contributed by atoms with E-state index in [0.717, 1.165) is 43.5 Å². The van der Waals surface area contributed by atoms with Crippen LogP contribution in [-0.2, 0) is 9.13 Å². The van der Waals surface area contributed by atoms with Gasteiger partial charge in [0.05, 0.1) is 0 Å². The van der Waals surface area contributed by atoms with E-state index in [0.29, 0.717) is 10.6 Å². The van der Waals surface area contributed by atoms with Gasteiger partial charge in [-0.05, 0) is 34.9 Å². The smallest absolute Gasteiger partial charge is 0.171 e. The molecular formula is C41H31NO2P2. The predicted octanol–water partition coefficient (Wildman–Crippen LogP) is 7.69. The molecule has 1 heterocycles. The Morgan fingerprint density at radius 1 is 0.370 bits per heavy atom. The number of aromatic nitrogens is 1. The van der Waals surface area contributed by atoms with Gasteiger partial charge in [0.25, 0.3) is 0 Å². The van der Waals surface area contributed by atoms with Gasteiger partial charge in [-0.2, -0.15) is 0 Å². The molecule has 7 aromatic rings. The zero-order valence-electron chi connectivity index (χ0n) is 25.1. The monoisotopic (exact) mass is 631 g/mol. The molecule has 3 nitrogen and oxygen atoms in total. The summed E-state index contributed by atoms with van der Waals surface area (Å²) in [6.07, 6.45) is 3.62. The molecule has 1 aromatic heterocycles. The quantitative estimate of drug-likeness (QED) is 0.162. The Balaban J connectivity index is 1.59. The van der Waals surface area contributed by atoms with Crippen LogP contribution in [0.4, 0.5) is 0 Å². The maximum Gasteiger partial charge on any atom is 0.171 e. The van der Waals surface area contributed by atoms with Gasteiger partial charge in [-0.15, -0.1) is 0 Å². The molecule has 0 saturated heterocycles. The third-order valence-electron chi connectivity index (χ3n) is 8.36. The molecule has 0 spiro atoms. The van der Waals surface area contributed by atoms with Crippen LogP contribution < -0.4 is 31.8 Å². The summed E-state index contributed by atoms with van der Waals surface area (Å²) in [6.45, 7) is 0. The van der Waals surface area contributed by atoms with Crippen LogP contribution in [-0.4, -0.2) is 4.98 Å². The Labute approximate surface area is 270 Å². The van der Waals surface area contributed by atoms with E-state index in [2.05, 4.69) is 17.1 Å². The number of hydrogen-bond acceptors (Lipinski definition) is 3. The van der Waals surface area contributed by atoms with Crippen LogP contribution in [0.25, 0.3) is 22.3 Å². The average Bonchev–Trinajstić information content (AvgIpc) is 3.15. The zero-order valence-corrected chi connectivity index (χ0v) is 26.8. The van der Waals surface area contributed by atoms with Crippen LogP contribution in [0, 0.1) is 0 Å². The second-order valence-electron chi connectivity index (χ2n) is 11.0. The Hall–Kier alpha value is -5.07. The summed E-state index contributed by atoms with van der Waals surface area (Å²) in [5.74, 6) is 0. The number of rotatable bonds is 8. The molecule has 6 aromatic carbocycles. The molecular weight excluding hydrogens is 600 g/mol. The highest BCUT2D eigenvalue weighted by molar-refractivity contribution is 7.86. The van der Waals surface area contributed by atoms with Crippen LogP contribution in [0.5, 0.6) is 0 Å². The first kappa shape index (κ1) is 29.6. The highest BCUT2D eigenvalue weighted by atomic mass is 31.2. The lowest BCUT2D eigenvalue weighted by Gasteiger charge is -2.26. The van der Waals surface area contributed by atoms with Crippen LogP contribution in [0.1, 0.15) is 0 Å². The van der Waals surface area contributed by atoms with Crippen LogP contribution in [0.15, 0.2) is 188 Å². The van der Waals surface area contributed by atoms with Crippen LogP contribution >= 0.6 is 14.3 Å². The van der Waals surface area contributed by atoms with Crippen molar-refractivity contribution >= 4 is 46.1 Å². The van der Waals surface area contributed by atoms with Gasteiger partial charge in [-0.1, -0.05) is 158 Å². The topological polar surface area (TPSA) is 47.0 Å². The molecule has 0 fully saturated rings. The minimum absolute atomic E-state index is 0.673. The second-order valence-corrected chi connectivity index (χ2v) is 16.6. The van der Waals surface area contributed by atoms with E-state index in [9.17, 15) is 0 Å². The van der Waals surface area contributed by atoms with Gasteiger partial charge >= 0.3 is 0 Å². The summed E-state index contributed by atoms with van der Waals surface area (Å²) in [7, 11) is -6.75. The summed E-state index contributed by atoms with van der Waals surface area (Å²) in [6, 6.07) is 56.6. The van der Waals surface area contributed by atoms with Crippen molar-refractivity contribution in [3.8, 4) is 22.3 Å². The van der Waals surface area contributed by atoms with Crippen molar-refractivity contribution in [1.82, 2.24) is 4.98 Å². The van der Waals surface area contributed by atoms with E-state index < -0.39 is 14.3 Å². The highest BCUT2D eigenvalue weighted by Gasteiger charge is 2.36. The van der Waals surface area contributed by atoms with E-state index in [4.69, 9.17) is 0 Å². The zero-order chi connectivity index (χ0) is 31.4. The largest absolute Gasteiger partial charge is 0.309 e. The summed E-state index contributed by atoms with van der Waals surface area (Å²) in [5, 5.41) is 4.32. The van der Waals surface area contributed by atoms with E-state index in [1.807, 2.05) is 170 Å². The fourth-order valence-corrected chi connectivity index (χ4v) is 11.6. The molecule has 5 heteroatoms. The molecule has 0 amide bonds. The van der Waals surface area contributed by atoms with E-state index in [1.54, 1.807) is 6.20 Å². The highest BCUT2D eigenvalue weighted by Crippen LogP contribution is 2.48. The van der Waals surface area contributed by atoms with Gasteiger partial charge < -0.3 is 9.13 Å². The molecule has 7 rings (SSSR count). The maximum absolute atomic E-state index is 15.9. The number of pyridine rings is 1. The molecule has 0 aliphatic heterocycles. The van der Waals surface area contributed by atoms with Crippen LogP contribution in [0.2, 0.25) is 0 Å². The lowest BCUT2D eigenvalue weighted by molar-refractivity contribution is 0.591. The van der Waals surface area contributed by atoms with Crippen molar-refractivity contribution in [2.24, 2.45) is 0 Å². The molecule has 222 valence electrons. The molecule has 0 aliphatic rings. The molecule has 0 N–H and O–H groups in total. The first-order valence-electron chi connectivity index (χ1n) is 15.2. The molecule has 0 radical (unpaired) electrons. The third-order valence-corrected chi connectivity index (χ3v) is 14.5. The van der Waals surface area contributed by atoms with Crippen LogP contribution in [0.3, 0.4) is 0 Å². The normalized spacial score (nSPS) is 11.7. The lowest BCUT2D eigenvalue weighted by atomic mass is 9.96. The van der Waals surface area contributed by atoms with Crippen molar-refractivity contribution in [3.05, 3.63) is 188 Å². The molecule has 0 bridgehead atoms. The fraction of sp³-hybridized carbons (Fsp3) is 0. The van der Waals surface area contributed by atoms with Gasteiger partial charge in [0, 0.05) is 49.8 Å². The number of nitrogens with zero attached hydrogens (tertiary/aromatic N) is 1. The second kappa shape index (κ2) is 12.7. The van der Waals surface area contributed by atoms with E-state index in [-0.39, 0.29) is 0 Å². The van der Waals surface area contributed by atoms with Gasteiger partial charge in [-0.3, -0.25) is 4.98 Å². The first-order valence-corrected chi connectivity index (χ1v) is 18.6. The average molecular weight is 632 g/mol. The van der Waals surface area contributed by atoms with Gasteiger partial charge in [0.1, 0.15) is 0 Å². The minimum Gasteiger partial charge on any atom is -0.309 e. The van der Waals surface area contributed by atoms with Crippen molar-refractivity contribution in [3.63, 3.8) is 0 Å². The molecule has 46 heavy (non-hydrogen) atoms. The fourth-order valence-electron chi connectivity index (χ4n) is 6.11. The van der Waals surface area contributed by atoms with Gasteiger partial charge in [0.2, 0.25) is 0 Å².